The van der Waals surface area contributed by atoms with Crippen molar-refractivity contribution in [2.45, 2.75) is 26.0 Å². The SMILES string of the molecule is CCCOc1cccc(CNCC(O)c2ccncc2)c1. The zero-order chi connectivity index (χ0) is 14.9. The predicted octanol–water partition coefficient (Wildman–Crippen LogP) is 2.69. The van der Waals surface area contributed by atoms with E-state index >= 15 is 0 Å². The molecule has 0 aliphatic carbocycles. The summed E-state index contributed by atoms with van der Waals surface area (Å²) in [6.07, 6.45) is 3.85. The zero-order valence-corrected chi connectivity index (χ0v) is 12.3. The topological polar surface area (TPSA) is 54.4 Å². The Kier molecular flexibility index (Phi) is 6.19. The number of ether oxygens (including phenoxy) is 1. The molecule has 1 unspecified atom stereocenters. The van der Waals surface area contributed by atoms with E-state index in [1.54, 1.807) is 12.4 Å². The van der Waals surface area contributed by atoms with Crippen LogP contribution in [0.3, 0.4) is 0 Å². The van der Waals surface area contributed by atoms with Crippen LogP contribution < -0.4 is 10.1 Å². The van der Waals surface area contributed by atoms with Crippen molar-refractivity contribution in [2.75, 3.05) is 13.2 Å². The van der Waals surface area contributed by atoms with Gasteiger partial charge in [-0.1, -0.05) is 19.1 Å². The quantitative estimate of drug-likeness (QED) is 0.783. The van der Waals surface area contributed by atoms with Gasteiger partial charge in [0.15, 0.2) is 0 Å². The van der Waals surface area contributed by atoms with E-state index in [2.05, 4.69) is 17.2 Å². The van der Waals surface area contributed by atoms with E-state index in [4.69, 9.17) is 4.74 Å². The molecule has 112 valence electrons. The number of pyridine rings is 1. The number of hydrogen-bond donors (Lipinski definition) is 2. The number of nitrogens with one attached hydrogen (secondary N) is 1. The van der Waals surface area contributed by atoms with Crippen LogP contribution in [0.1, 0.15) is 30.6 Å². The molecule has 0 spiro atoms. The smallest absolute Gasteiger partial charge is 0.119 e. The first-order valence-corrected chi connectivity index (χ1v) is 7.30. The summed E-state index contributed by atoms with van der Waals surface area (Å²) in [6, 6.07) is 11.7. The molecule has 0 aliphatic rings. The molecule has 0 fully saturated rings. The van der Waals surface area contributed by atoms with E-state index in [1.807, 2.05) is 36.4 Å². The van der Waals surface area contributed by atoms with Gasteiger partial charge in [-0.25, -0.2) is 0 Å². The largest absolute Gasteiger partial charge is 0.494 e. The summed E-state index contributed by atoms with van der Waals surface area (Å²) in [6.45, 7) is 4.03. The van der Waals surface area contributed by atoms with Crippen molar-refractivity contribution in [1.82, 2.24) is 10.3 Å². The van der Waals surface area contributed by atoms with Gasteiger partial charge in [0.05, 0.1) is 12.7 Å². The third-order valence-corrected chi connectivity index (χ3v) is 3.13. The Bertz CT molecular complexity index is 531. The molecule has 2 aromatic rings. The minimum atomic E-state index is -0.521. The lowest BCUT2D eigenvalue weighted by molar-refractivity contribution is 0.174. The van der Waals surface area contributed by atoms with Gasteiger partial charge in [0.1, 0.15) is 5.75 Å². The Morgan fingerprint density at radius 1 is 1.24 bits per heavy atom. The van der Waals surface area contributed by atoms with Crippen molar-refractivity contribution >= 4 is 0 Å². The second-order valence-electron chi connectivity index (χ2n) is 4.92. The highest BCUT2D eigenvalue weighted by Gasteiger charge is 2.06. The number of rotatable bonds is 8. The Hall–Kier alpha value is -1.91. The monoisotopic (exact) mass is 286 g/mol. The van der Waals surface area contributed by atoms with Crippen molar-refractivity contribution in [3.05, 3.63) is 59.9 Å². The third kappa shape index (κ3) is 5.17. The average molecular weight is 286 g/mol. The molecule has 4 heteroatoms. The van der Waals surface area contributed by atoms with Crippen LogP contribution in [0.2, 0.25) is 0 Å². The molecular formula is C17H22N2O2. The summed E-state index contributed by atoms with van der Waals surface area (Å²) in [5.74, 6) is 0.894. The lowest BCUT2D eigenvalue weighted by Crippen LogP contribution is -2.21. The van der Waals surface area contributed by atoms with Crippen LogP contribution >= 0.6 is 0 Å². The second-order valence-corrected chi connectivity index (χ2v) is 4.92. The Morgan fingerprint density at radius 3 is 2.81 bits per heavy atom. The van der Waals surface area contributed by atoms with Crippen LogP contribution in [-0.4, -0.2) is 23.2 Å². The van der Waals surface area contributed by atoms with Crippen molar-refractivity contribution < 1.29 is 9.84 Å². The zero-order valence-electron chi connectivity index (χ0n) is 12.3. The molecule has 0 saturated heterocycles. The minimum absolute atomic E-state index is 0.504. The molecule has 1 aromatic heterocycles. The van der Waals surface area contributed by atoms with Crippen LogP contribution in [0.15, 0.2) is 48.8 Å². The summed E-state index contributed by atoms with van der Waals surface area (Å²) >= 11 is 0. The molecule has 2 rings (SSSR count). The van der Waals surface area contributed by atoms with E-state index < -0.39 is 6.10 Å². The number of aliphatic hydroxyl groups excluding tert-OH is 1. The fourth-order valence-corrected chi connectivity index (χ4v) is 2.02. The van der Waals surface area contributed by atoms with Crippen LogP contribution in [-0.2, 0) is 6.54 Å². The van der Waals surface area contributed by atoms with E-state index in [-0.39, 0.29) is 0 Å². The minimum Gasteiger partial charge on any atom is -0.494 e. The fourth-order valence-electron chi connectivity index (χ4n) is 2.02. The van der Waals surface area contributed by atoms with Crippen molar-refractivity contribution in [3.63, 3.8) is 0 Å². The number of aliphatic hydroxyl groups is 1. The highest BCUT2D eigenvalue weighted by Crippen LogP contribution is 2.14. The highest BCUT2D eigenvalue weighted by molar-refractivity contribution is 5.28. The number of hydrogen-bond acceptors (Lipinski definition) is 4. The first kappa shape index (κ1) is 15.5. The number of aromatic nitrogens is 1. The molecule has 1 aromatic carbocycles. The molecule has 0 amide bonds. The van der Waals surface area contributed by atoms with Crippen molar-refractivity contribution in [2.24, 2.45) is 0 Å². The molecule has 4 nitrogen and oxygen atoms in total. The molecular weight excluding hydrogens is 264 g/mol. The van der Waals surface area contributed by atoms with Crippen LogP contribution in [0.4, 0.5) is 0 Å². The molecule has 2 N–H and O–H groups in total. The van der Waals surface area contributed by atoms with Crippen molar-refractivity contribution in [1.29, 1.82) is 0 Å². The van der Waals surface area contributed by atoms with Crippen molar-refractivity contribution in [3.8, 4) is 5.75 Å². The lowest BCUT2D eigenvalue weighted by Gasteiger charge is -2.12. The second kappa shape index (κ2) is 8.39. The standard InChI is InChI=1S/C17H22N2O2/c1-2-10-21-16-5-3-4-14(11-16)12-19-13-17(20)15-6-8-18-9-7-15/h3-9,11,17,19-20H,2,10,12-13H2,1H3. The molecule has 1 heterocycles. The van der Waals surface area contributed by atoms with Gasteiger partial charge in [0, 0.05) is 25.5 Å². The first-order chi connectivity index (χ1) is 10.3. The summed E-state index contributed by atoms with van der Waals surface area (Å²) in [5.41, 5.74) is 2.02. The Morgan fingerprint density at radius 2 is 2.05 bits per heavy atom. The van der Waals surface area contributed by atoms with Crippen LogP contribution in [0.5, 0.6) is 5.75 Å². The predicted molar refractivity (Wildman–Crippen MR) is 83.1 cm³/mol. The summed E-state index contributed by atoms with van der Waals surface area (Å²) in [7, 11) is 0. The highest BCUT2D eigenvalue weighted by atomic mass is 16.5. The van der Waals surface area contributed by atoms with E-state index in [0.29, 0.717) is 13.1 Å². The molecule has 0 saturated carbocycles. The molecule has 0 aliphatic heterocycles. The van der Waals surface area contributed by atoms with Gasteiger partial charge < -0.3 is 15.2 Å². The van der Waals surface area contributed by atoms with Crippen LogP contribution in [0.25, 0.3) is 0 Å². The molecule has 21 heavy (non-hydrogen) atoms. The number of benzene rings is 1. The molecule has 0 radical (unpaired) electrons. The van der Waals surface area contributed by atoms with Gasteiger partial charge in [0.2, 0.25) is 0 Å². The Balaban J connectivity index is 1.80. The Labute approximate surface area is 125 Å². The van der Waals surface area contributed by atoms with Gasteiger partial charge in [0.25, 0.3) is 0 Å². The maximum atomic E-state index is 10.1. The van der Waals surface area contributed by atoms with Gasteiger partial charge in [-0.2, -0.15) is 0 Å². The van der Waals surface area contributed by atoms with Gasteiger partial charge in [-0.3, -0.25) is 4.98 Å². The third-order valence-electron chi connectivity index (χ3n) is 3.13. The van der Waals surface area contributed by atoms with E-state index in [9.17, 15) is 5.11 Å². The molecule has 0 bridgehead atoms. The van der Waals surface area contributed by atoms with E-state index in [1.165, 1.54) is 0 Å². The summed E-state index contributed by atoms with van der Waals surface area (Å²) in [5, 5.41) is 13.3. The maximum Gasteiger partial charge on any atom is 0.119 e. The molecule has 1 atom stereocenters. The summed E-state index contributed by atoms with van der Waals surface area (Å²) in [4.78, 5) is 3.94. The lowest BCUT2D eigenvalue weighted by atomic mass is 10.1. The maximum absolute atomic E-state index is 10.1. The van der Waals surface area contributed by atoms with Gasteiger partial charge in [-0.15, -0.1) is 0 Å². The van der Waals surface area contributed by atoms with Gasteiger partial charge in [-0.05, 0) is 41.8 Å². The first-order valence-electron chi connectivity index (χ1n) is 7.30. The van der Waals surface area contributed by atoms with Crippen LogP contribution in [0, 0.1) is 0 Å². The van der Waals surface area contributed by atoms with Gasteiger partial charge >= 0.3 is 0 Å². The average Bonchev–Trinajstić information content (AvgIpc) is 2.54. The number of nitrogens with zero attached hydrogens (tertiary/aromatic N) is 1. The normalized spacial score (nSPS) is 12.1. The summed E-state index contributed by atoms with van der Waals surface area (Å²) < 4.78 is 5.61. The fraction of sp³-hybridized carbons (Fsp3) is 0.353. The van der Waals surface area contributed by atoms with E-state index in [0.717, 1.165) is 29.9 Å².